The zero-order valence-corrected chi connectivity index (χ0v) is 17.6. The fourth-order valence-electron chi connectivity index (χ4n) is 4.31. The lowest BCUT2D eigenvalue weighted by atomic mass is 10.1. The first-order chi connectivity index (χ1) is 15.1. The van der Waals surface area contributed by atoms with Crippen molar-refractivity contribution >= 4 is 40.8 Å². The van der Waals surface area contributed by atoms with E-state index in [1.54, 1.807) is 0 Å². The quantitative estimate of drug-likeness (QED) is 0.368. The molecule has 0 aliphatic carbocycles. The molecule has 0 amide bonds. The average Bonchev–Trinajstić information content (AvgIpc) is 2.81. The van der Waals surface area contributed by atoms with E-state index in [1.165, 1.54) is 18.2 Å². The summed E-state index contributed by atoms with van der Waals surface area (Å²) in [6, 6.07) is 33.5. The smallest absolute Gasteiger partial charge is 0.335 e. The van der Waals surface area contributed by atoms with Crippen molar-refractivity contribution in [2.24, 2.45) is 0 Å². The Labute approximate surface area is 181 Å². The summed E-state index contributed by atoms with van der Waals surface area (Å²) in [7, 11) is -3.28. The zero-order chi connectivity index (χ0) is 21.8. The molecular formula is C26H20O4Si. The van der Waals surface area contributed by atoms with Gasteiger partial charge in [0.1, 0.15) is 0 Å². The molecule has 0 bridgehead atoms. The van der Waals surface area contributed by atoms with Crippen LogP contribution < -0.4 is 20.7 Å². The number of hydrogen-bond donors (Lipinski definition) is 2. The minimum atomic E-state index is -3.28. The van der Waals surface area contributed by atoms with Gasteiger partial charge in [-0.1, -0.05) is 97.1 Å². The van der Waals surface area contributed by atoms with Crippen LogP contribution in [-0.2, 0) is 0 Å². The minimum absolute atomic E-state index is 0.0168. The fraction of sp³-hybridized carbons (Fsp3) is 0. The molecule has 0 radical (unpaired) electrons. The summed E-state index contributed by atoms with van der Waals surface area (Å²) in [6.45, 7) is 0. The van der Waals surface area contributed by atoms with Crippen LogP contribution >= 0.6 is 0 Å². The first-order valence-corrected chi connectivity index (χ1v) is 11.8. The molecule has 2 N–H and O–H groups in total. The molecule has 31 heavy (non-hydrogen) atoms. The second-order valence-corrected chi connectivity index (χ2v) is 10.9. The first kappa shape index (κ1) is 20.3. The van der Waals surface area contributed by atoms with Crippen LogP contribution in [0.25, 0.3) is 0 Å². The van der Waals surface area contributed by atoms with Crippen LogP contribution in [0.3, 0.4) is 0 Å². The topological polar surface area (TPSA) is 74.6 Å². The van der Waals surface area contributed by atoms with Crippen molar-refractivity contribution in [3.8, 4) is 0 Å². The molecule has 0 spiro atoms. The lowest BCUT2D eigenvalue weighted by molar-refractivity contribution is 0.0696. The van der Waals surface area contributed by atoms with Gasteiger partial charge in [0.15, 0.2) is 8.07 Å². The highest BCUT2D eigenvalue weighted by atomic mass is 28.3. The Hall–Kier alpha value is -3.96. The van der Waals surface area contributed by atoms with Crippen molar-refractivity contribution in [2.45, 2.75) is 0 Å². The molecule has 0 heterocycles. The third-order valence-electron chi connectivity index (χ3n) is 5.52. The normalized spacial score (nSPS) is 11.1. The molecule has 0 aliphatic rings. The van der Waals surface area contributed by atoms with Crippen LogP contribution in [0, 0.1) is 0 Å². The van der Waals surface area contributed by atoms with Gasteiger partial charge < -0.3 is 10.2 Å². The van der Waals surface area contributed by atoms with E-state index in [2.05, 4.69) is 0 Å². The monoisotopic (exact) mass is 424 g/mol. The van der Waals surface area contributed by atoms with E-state index >= 15 is 0 Å². The van der Waals surface area contributed by atoms with E-state index in [4.69, 9.17) is 0 Å². The Morgan fingerprint density at radius 3 is 1.10 bits per heavy atom. The molecule has 4 aromatic rings. The van der Waals surface area contributed by atoms with Gasteiger partial charge in [-0.05, 0) is 32.9 Å². The van der Waals surface area contributed by atoms with Gasteiger partial charge in [-0.3, -0.25) is 0 Å². The molecule has 4 nitrogen and oxygen atoms in total. The number of carbonyl (C=O) groups is 2. The average molecular weight is 425 g/mol. The largest absolute Gasteiger partial charge is 0.478 e. The number of hydrogen-bond acceptors (Lipinski definition) is 2. The van der Waals surface area contributed by atoms with E-state index < -0.39 is 20.0 Å². The maximum Gasteiger partial charge on any atom is 0.335 e. The highest BCUT2D eigenvalue weighted by molar-refractivity contribution is 7.20. The van der Waals surface area contributed by atoms with Crippen LogP contribution in [0.4, 0.5) is 0 Å². The number of rotatable bonds is 6. The summed E-state index contributed by atoms with van der Waals surface area (Å²) in [5, 5.41) is 23.3. The molecule has 0 unspecified atom stereocenters. The van der Waals surface area contributed by atoms with Gasteiger partial charge in [0.2, 0.25) is 0 Å². The standard InChI is InChI=1S/C26H20O4Si/c27-25(28)22-17-10-18-23(26(29)30)24(22)31(19-11-4-1-5-12-19,20-13-6-2-7-14-20)21-15-8-3-9-16-21/h1-18H,(H,27,28)(H,29,30). The van der Waals surface area contributed by atoms with Crippen molar-refractivity contribution < 1.29 is 19.8 Å². The molecule has 4 rings (SSSR count). The van der Waals surface area contributed by atoms with E-state index in [0.717, 1.165) is 15.6 Å². The first-order valence-electron chi connectivity index (χ1n) is 9.83. The van der Waals surface area contributed by atoms with Crippen molar-refractivity contribution in [3.63, 3.8) is 0 Å². The minimum Gasteiger partial charge on any atom is -0.478 e. The molecular weight excluding hydrogens is 404 g/mol. The van der Waals surface area contributed by atoms with Crippen LogP contribution in [-0.4, -0.2) is 30.2 Å². The van der Waals surface area contributed by atoms with Crippen molar-refractivity contribution in [1.82, 2.24) is 0 Å². The summed E-state index contributed by atoms with van der Waals surface area (Å²) in [5.74, 6) is -2.28. The maximum absolute atomic E-state index is 12.4. The molecule has 0 aromatic heterocycles. The molecule has 0 aliphatic heterocycles. The Kier molecular flexibility index (Phi) is 5.52. The second-order valence-electron chi connectivity index (χ2n) is 7.19. The number of aromatic carboxylic acids is 2. The van der Waals surface area contributed by atoms with E-state index in [1.807, 2.05) is 91.0 Å². The van der Waals surface area contributed by atoms with Crippen LogP contribution in [0.1, 0.15) is 20.7 Å². The Morgan fingerprint density at radius 1 is 0.484 bits per heavy atom. The molecule has 0 atom stereocenters. The van der Waals surface area contributed by atoms with E-state index in [-0.39, 0.29) is 11.1 Å². The predicted octanol–water partition coefficient (Wildman–Crippen LogP) is 2.46. The Morgan fingerprint density at radius 2 is 0.806 bits per heavy atom. The van der Waals surface area contributed by atoms with Crippen LogP contribution in [0.5, 0.6) is 0 Å². The third kappa shape index (κ3) is 3.45. The predicted molar refractivity (Wildman–Crippen MR) is 124 cm³/mol. The number of carboxylic acids is 2. The molecule has 4 aromatic carbocycles. The lowest BCUT2D eigenvalue weighted by Gasteiger charge is -2.36. The highest BCUT2D eigenvalue weighted by Crippen LogP contribution is 2.15. The van der Waals surface area contributed by atoms with Gasteiger partial charge in [-0.2, -0.15) is 0 Å². The van der Waals surface area contributed by atoms with Gasteiger partial charge in [0, 0.05) is 0 Å². The van der Waals surface area contributed by atoms with Crippen molar-refractivity contribution in [3.05, 3.63) is 120 Å². The zero-order valence-electron chi connectivity index (χ0n) is 16.6. The van der Waals surface area contributed by atoms with Crippen LogP contribution in [0.2, 0.25) is 0 Å². The molecule has 0 fully saturated rings. The maximum atomic E-state index is 12.4. The van der Waals surface area contributed by atoms with Gasteiger partial charge in [-0.25, -0.2) is 9.59 Å². The summed E-state index contributed by atoms with van der Waals surface area (Å²) in [4.78, 5) is 24.7. The van der Waals surface area contributed by atoms with Gasteiger partial charge in [0.05, 0.1) is 11.1 Å². The number of carboxylic acid groups (broad SMARTS) is 2. The summed E-state index contributed by atoms with van der Waals surface area (Å²) in [5.41, 5.74) is 0.0336. The van der Waals surface area contributed by atoms with Gasteiger partial charge >= 0.3 is 11.9 Å². The van der Waals surface area contributed by atoms with Gasteiger partial charge in [-0.15, -0.1) is 0 Å². The van der Waals surface area contributed by atoms with Crippen molar-refractivity contribution in [2.75, 3.05) is 0 Å². The lowest BCUT2D eigenvalue weighted by Crippen LogP contribution is -2.76. The Bertz CT molecular complexity index is 1090. The summed E-state index contributed by atoms with van der Waals surface area (Å²) in [6.07, 6.45) is 0. The third-order valence-corrected chi connectivity index (χ3v) is 10.4. The van der Waals surface area contributed by atoms with Gasteiger partial charge in [0.25, 0.3) is 0 Å². The number of benzene rings is 4. The highest BCUT2D eigenvalue weighted by Gasteiger charge is 2.46. The molecule has 0 saturated heterocycles. The molecule has 152 valence electrons. The summed E-state index contributed by atoms with van der Waals surface area (Å²) < 4.78 is 0. The van der Waals surface area contributed by atoms with E-state index in [0.29, 0.717) is 5.19 Å². The second kappa shape index (κ2) is 8.42. The molecule has 5 heteroatoms. The SMILES string of the molecule is O=C(O)c1cccc(C(=O)O)c1[Si](c1ccccc1)(c1ccccc1)c1ccccc1. The molecule has 0 saturated carbocycles. The summed E-state index contributed by atoms with van der Waals surface area (Å²) >= 11 is 0. The van der Waals surface area contributed by atoms with Crippen molar-refractivity contribution in [1.29, 1.82) is 0 Å². The Balaban J connectivity index is 2.29. The van der Waals surface area contributed by atoms with E-state index in [9.17, 15) is 19.8 Å². The fourth-order valence-corrected chi connectivity index (χ4v) is 9.44. The van der Waals surface area contributed by atoms with Crippen LogP contribution in [0.15, 0.2) is 109 Å².